The molecule has 6 heteroatoms. The Balaban J connectivity index is 1.63. The first-order chi connectivity index (χ1) is 14.1. The van der Waals surface area contributed by atoms with Crippen LogP contribution < -0.4 is 14.8 Å². The van der Waals surface area contributed by atoms with Crippen molar-refractivity contribution in [2.75, 3.05) is 6.79 Å². The third kappa shape index (κ3) is 4.26. The molecular formula is C23H25N3O3. The maximum Gasteiger partial charge on any atom is 0.231 e. The van der Waals surface area contributed by atoms with Gasteiger partial charge in [-0.1, -0.05) is 25.1 Å². The van der Waals surface area contributed by atoms with Gasteiger partial charge in [-0.3, -0.25) is 4.79 Å². The molecule has 150 valence electrons. The molecule has 1 aliphatic heterocycles. The normalized spacial score (nSPS) is 13.3. The van der Waals surface area contributed by atoms with Gasteiger partial charge in [0.15, 0.2) is 11.5 Å². The first-order valence-electron chi connectivity index (χ1n) is 9.97. The molecule has 0 spiro atoms. The van der Waals surface area contributed by atoms with Crippen LogP contribution in [0.4, 0.5) is 0 Å². The minimum atomic E-state index is 0.0587. The van der Waals surface area contributed by atoms with Gasteiger partial charge in [-0.05, 0) is 55.7 Å². The van der Waals surface area contributed by atoms with Crippen molar-refractivity contribution < 1.29 is 14.3 Å². The molecule has 3 aromatic rings. The molecule has 29 heavy (non-hydrogen) atoms. The number of para-hydroxylation sites is 1. The van der Waals surface area contributed by atoms with Crippen molar-refractivity contribution >= 4 is 5.91 Å². The van der Waals surface area contributed by atoms with Gasteiger partial charge in [-0.25, -0.2) is 4.68 Å². The maximum absolute atomic E-state index is 12.3. The van der Waals surface area contributed by atoms with Crippen molar-refractivity contribution in [2.45, 2.75) is 39.2 Å². The van der Waals surface area contributed by atoms with Crippen LogP contribution in [-0.2, 0) is 11.2 Å². The van der Waals surface area contributed by atoms with Crippen molar-refractivity contribution in [2.24, 2.45) is 0 Å². The van der Waals surface area contributed by atoms with Crippen LogP contribution in [0.2, 0.25) is 0 Å². The highest BCUT2D eigenvalue weighted by molar-refractivity contribution is 5.77. The van der Waals surface area contributed by atoms with E-state index < -0.39 is 0 Å². The molecule has 2 heterocycles. The standard InChI is InChI=1S/C23H25N3O3/c1-3-16(2)24-22(27)12-10-18-14-26(19-7-5-4-6-8-19)25-23(18)17-9-11-20-21(13-17)29-15-28-20/h4-9,11,13-14,16H,3,10,12,15H2,1-2H3,(H,24,27)/t16-/m1/s1. The number of aryl methyl sites for hydroxylation is 1. The molecule has 1 atom stereocenters. The lowest BCUT2D eigenvalue weighted by Gasteiger charge is -2.11. The Labute approximate surface area is 170 Å². The molecule has 0 saturated carbocycles. The highest BCUT2D eigenvalue weighted by atomic mass is 16.7. The van der Waals surface area contributed by atoms with E-state index in [1.165, 1.54) is 0 Å². The third-order valence-electron chi connectivity index (χ3n) is 5.10. The first kappa shape index (κ1) is 19.1. The Kier molecular flexibility index (Phi) is 5.51. The minimum Gasteiger partial charge on any atom is -0.454 e. The number of hydrogen-bond donors (Lipinski definition) is 1. The summed E-state index contributed by atoms with van der Waals surface area (Å²) in [6.07, 6.45) is 3.95. The number of amides is 1. The number of aromatic nitrogens is 2. The van der Waals surface area contributed by atoms with Crippen LogP contribution in [0.25, 0.3) is 16.9 Å². The van der Waals surface area contributed by atoms with Crippen molar-refractivity contribution in [1.29, 1.82) is 0 Å². The summed E-state index contributed by atoms with van der Waals surface area (Å²) in [5.74, 6) is 1.52. The van der Waals surface area contributed by atoms with E-state index in [0.29, 0.717) is 12.8 Å². The van der Waals surface area contributed by atoms with Gasteiger partial charge in [0.05, 0.1) is 11.4 Å². The van der Waals surface area contributed by atoms with Crippen LogP contribution in [0.5, 0.6) is 11.5 Å². The molecule has 0 bridgehead atoms. The van der Waals surface area contributed by atoms with Gasteiger partial charge in [0.25, 0.3) is 0 Å². The fraction of sp³-hybridized carbons (Fsp3) is 0.304. The summed E-state index contributed by atoms with van der Waals surface area (Å²) in [4.78, 5) is 12.3. The number of benzene rings is 2. The number of ether oxygens (including phenoxy) is 2. The van der Waals surface area contributed by atoms with Gasteiger partial charge in [0.2, 0.25) is 12.7 Å². The molecular weight excluding hydrogens is 366 g/mol. The second kappa shape index (κ2) is 8.39. The molecule has 1 aromatic heterocycles. The fourth-order valence-electron chi connectivity index (χ4n) is 3.29. The second-order valence-corrected chi connectivity index (χ2v) is 7.23. The van der Waals surface area contributed by atoms with Crippen molar-refractivity contribution in [3.05, 3.63) is 60.3 Å². The quantitative estimate of drug-likeness (QED) is 0.658. The number of rotatable bonds is 7. The smallest absolute Gasteiger partial charge is 0.231 e. The van der Waals surface area contributed by atoms with E-state index >= 15 is 0 Å². The topological polar surface area (TPSA) is 65.4 Å². The summed E-state index contributed by atoms with van der Waals surface area (Å²) >= 11 is 0. The number of nitrogens with one attached hydrogen (secondary N) is 1. The van der Waals surface area contributed by atoms with Gasteiger partial charge in [-0.2, -0.15) is 5.10 Å². The van der Waals surface area contributed by atoms with Crippen LogP contribution in [0.3, 0.4) is 0 Å². The first-order valence-corrected chi connectivity index (χ1v) is 9.97. The van der Waals surface area contributed by atoms with Crippen molar-refractivity contribution in [3.8, 4) is 28.4 Å². The van der Waals surface area contributed by atoms with Gasteiger partial charge < -0.3 is 14.8 Å². The number of fused-ring (bicyclic) bond motifs is 1. The van der Waals surface area contributed by atoms with Crippen LogP contribution in [0, 0.1) is 0 Å². The van der Waals surface area contributed by atoms with E-state index in [9.17, 15) is 4.79 Å². The molecule has 1 aliphatic rings. The van der Waals surface area contributed by atoms with E-state index in [4.69, 9.17) is 14.6 Å². The SMILES string of the molecule is CC[C@@H](C)NC(=O)CCc1cn(-c2ccccc2)nc1-c1ccc2c(c1)OCO2. The Morgan fingerprint density at radius 3 is 2.76 bits per heavy atom. The maximum atomic E-state index is 12.3. The van der Waals surface area contributed by atoms with E-state index in [-0.39, 0.29) is 18.7 Å². The van der Waals surface area contributed by atoms with Crippen molar-refractivity contribution in [3.63, 3.8) is 0 Å². The molecule has 0 fully saturated rings. The van der Waals surface area contributed by atoms with Gasteiger partial charge in [0, 0.05) is 24.2 Å². The zero-order valence-corrected chi connectivity index (χ0v) is 16.7. The number of nitrogens with zero attached hydrogens (tertiary/aromatic N) is 2. The summed E-state index contributed by atoms with van der Waals surface area (Å²) in [5.41, 5.74) is 3.79. The highest BCUT2D eigenvalue weighted by Gasteiger charge is 2.18. The third-order valence-corrected chi connectivity index (χ3v) is 5.10. The number of carbonyl (C=O) groups excluding carboxylic acids is 1. The van der Waals surface area contributed by atoms with E-state index in [2.05, 4.69) is 12.2 Å². The molecule has 1 amide bonds. The van der Waals surface area contributed by atoms with Crippen LogP contribution in [-0.4, -0.2) is 28.5 Å². The van der Waals surface area contributed by atoms with E-state index in [0.717, 1.165) is 40.4 Å². The van der Waals surface area contributed by atoms with Crippen LogP contribution >= 0.6 is 0 Å². The minimum absolute atomic E-state index is 0.0587. The number of hydrogen-bond acceptors (Lipinski definition) is 4. The lowest BCUT2D eigenvalue weighted by atomic mass is 10.0. The molecule has 6 nitrogen and oxygen atoms in total. The predicted octanol–water partition coefficient (Wildman–Crippen LogP) is 4.12. The summed E-state index contributed by atoms with van der Waals surface area (Å²) in [5, 5.41) is 7.85. The lowest BCUT2D eigenvalue weighted by molar-refractivity contribution is -0.121. The average Bonchev–Trinajstić information content (AvgIpc) is 3.39. The van der Waals surface area contributed by atoms with Gasteiger partial charge in [-0.15, -0.1) is 0 Å². The monoisotopic (exact) mass is 391 g/mol. The van der Waals surface area contributed by atoms with Crippen LogP contribution in [0.15, 0.2) is 54.7 Å². The summed E-state index contributed by atoms with van der Waals surface area (Å²) in [7, 11) is 0. The molecule has 0 unspecified atom stereocenters. The molecule has 0 aliphatic carbocycles. The summed E-state index contributed by atoms with van der Waals surface area (Å²) < 4.78 is 12.8. The van der Waals surface area contributed by atoms with Crippen LogP contribution in [0.1, 0.15) is 32.3 Å². The van der Waals surface area contributed by atoms with E-state index in [1.54, 1.807) is 0 Å². The molecule has 1 N–H and O–H groups in total. The van der Waals surface area contributed by atoms with E-state index in [1.807, 2.05) is 66.3 Å². The van der Waals surface area contributed by atoms with Crippen molar-refractivity contribution in [1.82, 2.24) is 15.1 Å². The Morgan fingerprint density at radius 2 is 1.97 bits per heavy atom. The molecule has 0 saturated heterocycles. The Hall–Kier alpha value is -3.28. The zero-order chi connectivity index (χ0) is 20.2. The van der Waals surface area contributed by atoms with Gasteiger partial charge >= 0.3 is 0 Å². The second-order valence-electron chi connectivity index (χ2n) is 7.23. The lowest BCUT2D eigenvalue weighted by Crippen LogP contribution is -2.32. The molecule has 0 radical (unpaired) electrons. The van der Waals surface area contributed by atoms with Gasteiger partial charge in [0.1, 0.15) is 0 Å². The number of carbonyl (C=O) groups is 1. The molecule has 4 rings (SSSR count). The zero-order valence-electron chi connectivity index (χ0n) is 16.7. The fourth-order valence-corrected chi connectivity index (χ4v) is 3.29. The summed E-state index contributed by atoms with van der Waals surface area (Å²) in [6, 6.07) is 16.0. The summed E-state index contributed by atoms with van der Waals surface area (Å²) in [6.45, 7) is 4.32. The Morgan fingerprint density at radius 1 is 1.17 bits per heavy atom. The average molecular weight is 391 g/mol. The predicted molar refractivity (Wildman–Crippen MR) is 111 cm³/mol. The molecule has 2 aromatic carbocycles. The Bertz CT molecular complexity index is 998. The highest BCUT2D eigenvalue weighted by Crippen LogP contribution is 2.36. The largest absolute Gasteiger partial charge is 0.454 e.